The van der Waals surface area contributed by atoms with E-state index < -0.39 is 16.8 Å². The van der Waals surface area contributed by atoms with E-state index >= 15 is 0 Å². The molecule has 0 saturated heterocycles. The number of carbonyl (C=O) groups is 2. The van der Waals surface area contributed by atoms with Crippen molar-refractivity contribution in [3.63, 3.8) is 0 Å². The first-order valence-electron chi connectivity index (χ1n) is 4.47. The molecule has 2 N–H and O–H groups in total. The zero-order chi connectivity index (χ0) is 12.8. The lowest BCUT2D eigenvalue weighted by Crippen LogP contribution is -2.15. The van der Waals surface area contributed by atoms with E-state index in [-0.39, 0.29) is 24.5 Å². The third kappa shape index (κ3) is 4.20. The molecule has 0 fully saturated rings. The first-order chi connectivity index (χ1) is 7.99. The first-order valence-corrected chi connectivity index (χ1v) is 4.47. The van der Waals surface area contributed by atoms with Gasteiger partial charge in [-0.15, -0.1) is 0 Å². The molecular weight excluding hydrogens is 232 g/mol. The summed E-state index contributed by atoms with van der Waals surface area (Å²) in [5.74, 6) is -1.77. The van der Waals surface area contributed by atoms with E-state index in [4.69, 9.17) is 5.11 Å². The maximum atomic E-state index is 11.1. The van der Waals surface area contributed by atoms with Gasteiger partial charge in [0.05, 0.1) is 11.3 Å². The Morgan fingerprint density at radius 3 is 2.41 bits per heavy atom. The quantitative estimate of drug-likeness (QED) is 0.553. The van der Waals surface area contributed by atoms with Crippen molar-refractivity contribution in [1.82, 2.24) is 9.97 Å². The van der Waals surface area contributed by atoms with Gasteiger partial charge < -0.3 is 5.11 Å². The fourth-order valence-corrected chi connectivity index (χ4v) is 0.888. The lowest BCUT2D eigenvalue weighted by molar-refractivity contribution is -0.385. The monoisotopic (exact) mass is 240 g/mol. The lowest BCUT2D eigenvalue weighted by Gasteiger charge is -2.01. The molecule has 90 valence electrons. The number of carboxylic acid groups (broad SMARTS) is 1. The topological polar surface area (TPSA) is 135 Å². The number of carboxylic acids is 1. The SMILES string of the molecule is O=C(O)CCC(=O)Nc1ncc([N+](=O)[O-])cn1. The van der Waals surface area contributed by atoms with Crippen LogP contribution in [0.15, 0.2) is 12.4 Å². The summed E-state index contributed by atoms with van der Waals surface area (Å²) in [7, 11) is 0. The number of carbonyl (C=O) groups excluding carboxylic acids is 1. The number of aliphatic carboxylic acids is 1. The summed E-state index contributed by atoms with van der Waals surface area (Å²) in [6.07, 6.45) is 1.37. The maximum Gasteiger partial charge on any atom is 0.305 e. The number of nitro groups is 1. The third-order valence-electron chi connectivity index (χ3n) is 1.67. The first kappa shape index (κ1) is 12.5. The third-order valence-corrected chi connectivity index (χ3v) is 1.67. The minimum atomic E-state index is -1.09. The number of hydrogen-bond donors (Lipinski definition) is 2. The number of nitrogens with zero attached hydrogens (tertiary/aromatic N) is 3. The Morgan fingerprint density at radius 2 is 1.94 bits per heavy atom. The van der Waals surface area contributed by atoms with Gasteiger partial charge in [0.1, 0.15) is 12.4 Å². The van der Waals surface area contributed by atoms with Crippen LogP contribution in [-0.2, 0) is 9.59 Å². The Morgan fingerprint density at radius 1 is 1.35 bits per heavy atom. The van der Waals surface area contributed by atoms with E-state index in [1.807, 2.05) is 0 Å². The molecule has 0 atom stereocenters. The Labute approximate surface area is 94.7 Å². The average Bonchev–Trinajstić information content (AvgIpc) is 2.27. The molecule has 1 amide bonds. The lowest BCUT2D eigenvalue weighted by atomic mass is 10.3. The van der Waals surface area contributed by atoms with Crippen molar-refractivity contribution in [3.05, 3.63) is 22.5 Å². The van der Waals surface area contributed by atoms with Gasteiger partial charge in [0.2, 0.25) is 11.9 Å². The van der Waals surface area contributed by atoms with Crippen LogP contribution in [-0.4, -0.2) is 31.9 Å². The molecule has 0 spiro atoms. The van der Waals surface area contributed by atoms with Crippen molar-refractivity contribution < 1.29 is 19.6 Å². The standard InChI is InChI=1S/C8H8N4O5/c13-6(1-2-7(14)15)11-8-9-3-5(4-10-8)12(16)17/h3-4H,1-2H2,(H,14,15)(H,9,10,11,13). The molecule has 0 aromatic carbocycles. The molecule has 17 heavy (non-hydrogen) atoms. The van der Waals surface area contributed by atoms with Gasteiger partial charge in [-0.2, -0.15) is 0 Å². The number of nitrogens with one attached hydrogen (secondary N) is 1. The summed E-state index contributed by atoms with van der Waals surface area (Å²) < 4.78 is 0. The van der Waals surface area contributed by atoms with Crippen LogP contribution in [0.4, 0.5) is 11.6 Å². The second-order valence-electron chi connectivity index (χ2n) is 2.96. The van der Waals surface area contributed by atoms with Gasteiger partial charge in [-0.05, 0) is 0 Å². The fourth-order valence-electron chi connectivity index (χ4n) is 0.888. The minimum Gasteiger partial charge on any atom is -0.481 e. The summed E-state index contributed by atoms with van der Waals surface area (Å²) in [6, 6.07) is 0. The van der Waals surface area contributed by atoms with Crippen molar-refractivity contribution in [3.8, 4) is 0 Å². The molecule has 1 rings (SSSR count). The van der Waals surface area contributed by atoms with E-state index in [2.05, 4.69) is 15.3 Å². The van der Waals surface area contributed by atoms with Crippen LogP contribution in [0.3, 0.4) is 0 Å². The molecule has 1 aromatic heterocycles. The van der Waals surface area contributed by atoms with Crippen molar-refractivity contribution in [2.45, 2.75) is 12.8 Å². The van der Waals surface area contributed by atoms with Gasteiger partial charge in [0.25, 0.3) is 0 Å². The predicted molar refractivity (Wildman–Crippen MR) is 54.2 cm³/mol. The highest BCUT2D eigenvalue weighted by Gasteiger charge is 2.10. The molecule has 1 heterocycles. The largest absolute Gasteiger partial charge is 0.481 e. The van der Waals surface area contributed by atoms with E-state index in [0.717, 1.165) is 12.4 Å². The van der Waals surface area contributed by atoms with Crippen LogP contribution in [0.1, 0.15) is 12.8 Å². The smallest absolute Gasteiger partial charge is 0.305 e. The van der Waals surface area contributed by atoms with E-state index in [0.29, 0.717) is 0 Å². The number of amides is 1. The molecule has 0 aliphatic rings. The van der Waals surface area contributed by atoms with Gasteiger partial charge in [-0.25, -0.2) is 9.97 Å². The zero-order valence-corrected chi connectivity index (χ0v) is 8.49. The van der Waals surface area contributed by atoms with Crippen molar-refractivity contribution >= 4 is 23.5 Å². The van der Waals surface area contributed by atoms with E-state index in [9.17, 15) is 19.7 Å². The van der Waals surface area contributed by atoms with Crippen LogP contribution in [0.25, 0.3) is 0 Å². The second-order valence-corrected chi connectivity index (χ2v) is 2.96. The van der Waals surface area contributed by atoms with Gasteiger partial charge >= 0.3 is 11.7 Å². The Balaban J connectivity index is 2.54. The number of aromatic nitrogens is 2. The summed E-state index contributed by atoms with van der Waals surface area (Å²) >= 11 is 0. The Bertz CT molecular complexity index is 444. The fraction of sp³-hybridized carbons (Fsp3) is 0.250. The molecule has 0 aliphatic heterocycles. The summed E-state index contributed by atoms with van der Waals surface area (Å²) in [5, 5.41) is 20.8. The van der Waals surface area contributed by atoms with Gasteiger partial charge in [-0.1, -0.05) is 0 Å². The predicted octanol–water partition coefficient (Wildman–Crippen LogP) is 0.188. The molecular formula is C8H8N4O5. The van der Waals surface area contributed by atoms with Gasteiger partial charge in [0.15, 0.2) is 0 Å². The summed E-state index contributed by atoms with van der Waals surface area (Å²) in [6.45, 7) is 0. The molecule has 0 aliphatic carbocycles. The maximum absolute atomic E-state index is 11.1. The Hall–Kier alpha value is -2.58. The molecule has 0 bridgehead atoms. The molecule has 0 unspecified atom stereocenters. The zero-order valence-electron chi connectivity index (χ0n) is 8.49. The van der Waals surface area contributed by atoms with Crippen LogP contribution < -0.4 is 5.32 Å². The highest BCUT2D eigenvalue weighted by Crippen LogP contribution is 2.08. The highest BCUT2D eigenvalue weighted by molar-refractivity contribution is 5.90. The van der Waals surface area contributed by atoms with E-state index in [1.165, 1.54) is 0 Å². The number of hydrogen-bond acceptors (Lipinski definition) is 6. The average molecular weight is 240 g/mol. The summed E-state index contributed by atoms with van der Waals surface area (Å²) in [4.78, 5) is 38.0. The molecule has 1 aromatic rings. The number of anilines is 1. The number of rotatable bonds is 5. The highest BCUT2D eigenvalue weighted by atomic mass is 16.6. The molecule has 9 heteroatoms. The Kier molecular flexibility index (Phi) is 4.03. The van der Waals surface area contributed by atoms with Crippen LogP contribution in [0.2, 0.25) is 0 Å². The summed E-state index contributed by atoms with van der Waals surface area (Å²) in [5.41, 5.74) is -0.298. The molecule has 0 saturated carbocycles. The van der Waals surface area contributed by atoms with Crippen molar-refractivity contribution in [1.29, 1.82) is 0 Å². The van der Waals surface area contributed by atoms with Crippen molar-refractivity contribution in [2.75, 3.05) is 5.32 Å². The van der Waals surface area contributed by atoms with Crippen LogP contribution in [0, 0.1) is 10.1 Å². The normalized spacial score (nSPS) is 9.65. The van der Waals surface area contributed by atoms with Gasteiger partial charge in [0, 0.05) is 6.42 Å². The minimum absolute atomic E-state index is 0.106. The van der Waals surface area contributed by atoms with Crippen molar-refractivity contribution in [2.24, 2.45) is 0 Å². The molecule has 0 radical (unpaired) electrons. The van der Waals surface area contributed by atoms with Crippen LogP contribution >= 0.6 is 0 Å². The van der Waals surface area contributed by atoms with Gasteiger partial charge in [-0.3, -0.25) is 25.0 Å². The van der Waals surface area contributed by atoms with Crippen LogP contribution in [0.5, 0.6) is 0 Å². The van der Waals surface area contributed by atoms with E-state index in [1.54, 1.807) is 0 Å². The second kappa shape index (κ2) is 5.49. The molecule has 9 nitrogen and oxygen atoms in total.